The van der Waals surface area contributed by atoms with E-state index in [0.717, 1.165) is 4.57 Å². The summed E-state index contributed by atoms with van der Waals surface area (Å²) in [4.78, 5) is 40.0. The van der Waals surface area contributed by atoms with Crippen LogP contribution in [0.3, 0.4) is 0 Å². The molecule has 0 aromatic carbocycles. The predicted octanol–water partition coefficient (Wildman–Crippen LogP) is 1.04. The van der Waals surface area contributed by atoms with Crippen LogP contribution in [0.15, 0.2) is 27.1 Å². The van der Waals surface area contributed by atoms with E-state index in [0.29, 0.717) is 10.5 Å². The van der Waals surface area contributed by atoms with E-state index in [-0.39, 0.29) is 22.6 Å². The molecule has 0 unspecified atom stereocenters. The van der Waals surface area contributed by atoms with Gasteiger partial charge in [0.15, 0.2) is 16.1 Å². The molecule has 0 amide bonds. The molecule has 0 atom stereocenters. The lowest BCUT2D eigenvalue weighted by atomic mass is 10.3. The number of aryl methyl sites for hydroxylation is 1. The number of aromatic amines is 1. The van der Waals surface area contributed by atoms with Crippen molar-refractivity contribution in [3.63, 3.8) is 0 Å². The summed E-state index contributed by atoms with van der Waals surface area (Å²) < 4.78 is 3.97. The minimum Gasteiger partial charge on any atom is -0.316 e. The van der Waals surface area contributed by atoms with Gasteiger partial charge in [-0.2, -0.15) is 0 Å². The summed E-state index contributed by atoms with van der Waals surface area (Å²) in [5.41, 5.74) is -0.397. The quantitative estimate of drug-likeness (QED) is 0.572. The fourth-order valence-electron chi connectivity index (χ4n) is 2.29. The van der Waals surface area contributed by atoms with Gasteiger partial charge in [0.1, 0.15) is 5.65 Å². The van der Waals surface area contributed by atoms with E-state index in [9.17, 15) is 14.4 Å². The monoisotopic (exact) mass is 336 g/mol. The van der Waals surface area contributed by atoms with Crippen molar-refractivity contribution in [2.45, 2.75) is 6.54 Å². The van der Waals surface area contributed by atoms with Gasteiger partial charge in [-0.05, 0) is 23.7 Å². The molecular weight excluding hydrogens is 324 g/mol. The molecule has 3 aromatic rings. The Morgan fingerprint density at radius 2 is 2.05 bits per heavy atom. The number of Topliss-reactive ketones (excluding diaryl/α,β-unsaturated/α-hetero) is 1. The third kappa shape index (κ3) is 2.09. The number of thiophene rings is 1. The zero-order chi connectivity index (χ0) is 16.0. The van der Waals surface area contributed by atoms with E-state index in [4.69, 9.17) is 12.2 Å². The number of ketones is 1. The van der Waals surface area contributed by atoms with Crippen LogP contribution < -0.4 is 11.2 Å². The maximum absolute atomic E-state index is 12.4. The number of aromatic nitrogens is 4. The Balaban J connectivity index is 2.25. The molecular formula is C13H12N4O3S2. The van der Waals surface area contributed by atoms with Crippen LogP contribution in [0.2, 0.25) is 0 Å². The van der Waals surface area contributed by atoms with Crippen molar-refractivity contribution in [3.05, 3.63) is 48.0 Å². The number of hydrogen-bond acceptors (Lipinski definition) is 5. The lowest BCUT2D eigenvalue weighted by molar-refractivity contribution is 0.0977. The highest BCUT2D eigenvalue weighted by atomic mass is 32.1. The van der Waals surface area contributed by atoms with Crippen molar-refractivity contribution in [1.29, 1.82) is 0 Å². The van der Waals surface area contributed by atoms with Crippen LogP contribution in [-0.4, -0.2) is 24.5 Å². The van der Waals surface area contributed by atoms with Gasteiger partial charge in [-0.3, -0.25) is 18.7 Å². The zero-order valence-electron chi connectivity index (χ0n) is 11.8. The standard InChI is InChI=1S/C13H12N4O3S2/c1-15-10-9(11(19)16(2)13(15)20)17(12(21)14-10)6-7(18)8-4-3-5-22-8/h3-5H,6H2,1-2H3,(H,14,21). The van der Waals surface area contributed by atoms with Crippen molar-refractivity contribution >= 4 is 40.5 Å². The van der Waals surface area contributed by atoms with Crippen molar-refractivity contribution < 1.29 is 4.79 Å². The Labute approximate surface area is 133 Å². The molecule has 0 radical (unpaired) electrons. The number of nitrogens with zero attached hydrogens (tertiary/aromatic N) is 3. The molecule has 3 aromatic heterocycles. The molecule has 0 saturated carbocycles. The first-order chi connectivity index (χ1) is 10.4. The van der Waals surface area contributed by atoms with Gasteiger partial charge < -0.3 is 9.55 Å². The van der Waals surface area contributed by atoms with E-state index in [2.05, 4.69) is 4.98 Å². The van der Waals surface area contributed by atoms with Crippen LogP contribution in [0.1, 0.15) is 9.67 Å². The molecule has 0 fully saturated rings. The molecule has 0 aliphatic heterocycles. The van der Waals surface area contributed by atoms with Gasteiger partial charge in [0.25, 0.3) is 5.56 Å². The van der Waals surface area contributed by atoms with Crippen molar-refractivity contribution in [2.75, 3.05) is 0 Å². The van der Waals surface area contributed by atoms with E-state index in [1.54, 1.807) is 19.2 Å². The molecule has 0 aliphatic rings. The van der Waals surface area contributed by atoms with Crippen LogP contribution >= 0.6 is 23.6 Å². The molecule has 3 heterocycles. The van der Waals surface area contributed by atoms with Gasteiger partial charge >= 0.3 is 5.69 Å². The number of nitrogens with one attached hydrogen (secondary N) is 1. The second-order valence-corrected chi connectivity index (χ2v) is 6.15. The third-order valence-electron chi connectivity index (χ3n) is 3.48. The average Bonchev–Trinajstić information content (AvgIpc) is 3.12. The molecule has 9 heteroatoms. The van der Waals surface area contributed by atoms with Crippen LogP contribution in [0.5, 0.6) is 0 Å². The highest BCUT2D eigenvalue weighted by molar-refractivity contribution is 7.71. The summed E-state index contributed by atoms with van der Waals surface area (Å²) in [7, 11) is 2.94. The number of carbonyl (C=O) groups is 1. The Hall–Kier alpha value is -2.26. The number of hydrogen-bond donors (Lipinski definition) is 1. The van der Waals surface area contributed by atoms with Crippen LogP contribution in [-0.2, 0) is 20.6 Å². The fourth-order valence-corrected chi connectivity index (χ4v) is 3.20. The van der Waals surface area contributed by atoms with Crippen LogP contribution in [0.25, 0.3) is 11.2 Å². The second kappa shape index (κ2) is 5.18. The van der Waals surface area contributed by atoms with Gasteiger partial charge in [-0.1, -0.05) is 6.07 Å². The van der Waals surface area contributed by atoms with E-state index in [1.807, 2.05) is 5.38 Å². The summed E-state index contributed by atoms with van der Waals surface area (Å²) in [5, 5.41) is 1.81. The minimum absolute atomic E-state index is 0.0488. The SMILES string of the molecule is Cn1c(=O)c2c([nH]c(=S)n2CC(=O)c2cccs2)n(C)c1=O. The number of H-pyrrole nitrogens is 1. The summed E-state index contributed by atoms with van der Waals surface area (Å²) in [6, 6.07) is 3.51. The Bertz CT molecular complexity index is 1050. The van der Waals surface area contributed by atoms with Gasteiger partial charge in [-0.15, -0.1) is 11.3 Å². The topological polar surface area (TPSA) is 81.8 Å². The Morgan fingerprint density at radius 3 is 2.68 bits per heavy atom. The summed E-state index contributed by atoms with van der Waals surface area (Å²) in [6.07, 6.45) is 0. The average molecular weight is 336 g/mol. The molecule has 22 heavy (non-hydrogen) atoms. The normalized spacial score (nSPS) is 11.2. The van der Waals surface area contributed by atoms with Gasteiger partial charge in [-0.25, -0.2) is 4.79 Å². The highest BCUT2D eigenvalue weighted by Gasteiger charge is 2.17. The lowest BCUT2D eigenvalue weighted by Gasteiger charge is -2.05. The molecule has 114 valence electrons. The smallest absolute Gasteiger partial charge is 0.316 e. The molecule has 3 rings (SSSR count). The van der Waals surface area contributed by atoms with Gasteiger partial charge in [0.2, 0.25) is 0 Å². The van der Waals surface area contributed by atoms with Crippen LogP contribution in [0, 0.1) is 4.77 Å². The summed E-state index contributed by atoms with van der Waals surface area (Å²) in [6.45, 7) is -0.0488. The van der Waals surface area contributed by atoms with E-state index >= 15 is 0 Å². The van der Waals surface area contributed by atoms with Crippen LogP contribution in [0.4, 0.5) is 0 Å². The first kappa shape index (κ1) is 14.7. The lowest BCUT2D eigenvalue weighted by Crippen LogP contribution is -2.37. The molecule has 7 nitrogen and oxygen atoms in total. The van der Waals surface area contributed by atoms with Crippen molar-refractivity contribution in [2.24, 2.45) is 14.1 Å². The van der Waals surface area contributed by atoms with E-state index < -0.39 is 11.2 Å². The fraction of sp³-hybridized carbons (Fsp3) is 0.231. The zero-order valence-corrected chi connectivity index (χ0v) is 13.5. The minimum atomic E-state index is -0.482. The first-order valence-corrected chi connectivity index (χ1v) is 7.66. The largest absolute Gasteiger partial charge is 0.332 e. The molecule has 0 spiro atoms. The Kier molecular flexibility index (Phi) is 3.45. The highest BCUT2D eigenvalue weighted by Crippen LogP contribution is 2.13. The number of carbonyl (C=O) groups excluding carboxylic acids is 1. The summed E-state index contributed by atoms with van der Waals surface area (Å²) in [5.74, 6) is -0.136. The van der Waals surface area contributed by atoms with Crippen molar-refractivity contribution in [3.8, 4) is 0 Å². The molecule has 0 bridgehead atoms. The third-order valence-corrected chi connectivity index (χ3v) is 4.71. The first-order valence-electron chi connectivity index (χ1n) is 6.37. The molecule has 1 N–H and O–H groups in total. The summed E-state index contributed by atoms with van der Waals surface area (Å²) >= 11 is 6.53. The molecule has 0 aliphatic carbocycles. The maximum Gasteiger partial charge on any atom is 0.332 e. The second-order valence-electron chi connectivity index (χ2n) is 4.82. The Morgan fingerprint density at radius 1 is 1.32 bits per heavy atom. The van der Waals surface area contributed by atoms with Gasteiger partial charge in [0.05, 0.1) is 11.4 Å². The number of fused-ring (bicyclic) bond motifs is 1. The molecule has 0 saturated heterocycles. The van der Waals surface area contributed by atoms with Crippen molar-refractivity contribution in [1.82, 2.24) is 18.7 Å². The predicted molar refractivity (Wildman–Crippen MR) is 86.3 cm³/mol. The van der Waals surface area contributed by atoms with E-state index in [1.165, 1.54) is 27.5 Å². The van der Waals surface area contributed by atoms with Gasteiger partial charge in [0, 0.05) is 14.1 Å². The number of imidazole rings is 1. The maximum atomic E-state index is 12.4. The number of rotatable bonds is 3.